The molecule has 1 aromatic heterocycles. The molecule has 2 rings (SSSR count). The van der Waals surface area contributed by atoms with E-state index in [1.807, 2.05) is 13.8 Å². The van der Waals surface area contributed by atoms with E-state index < -0.39 is 10.0 Å². The summed E-state index contributed by atoms with van der Waals surface area (Å²) in [5, 5.41) is 0.240. The first kappa shape index (κ1) is 14.0. The van der Waals surface area contributed by atoms with Gasteiger partial charge in [0.2, 0.25) is 0 Å². The van der Waals surface area contributed by atoms with Gasteiger partial charge in [-0.15, -0.1) is 0 Å². The summed E-state index contributed by atoms with van der Waals surface area (Å²) in [6, 6.07) is 0. The van der Waals surface area contributed by atoms with Gasteiger partial charge in [-0.2, -0.15) is 4.31 Å². The third-order valence-electron chi connectivity index (χ3n) is 2.94. The maximum atomic E-state index is 12.5. The van der Waals surface area contributed by atoms with E-state index in [1.165, 1.54) is 4.31 Å². The third-order valence-corrected chi connectivity index (χ3v) is 5.85. The first-order chi connectivity index (χ1) is 8.52. The van der Waals surface area contributed by atoms with Gasteiger partial charge in [0, 0.05) is 19.6 Å². The molecule has 0 fully saturated rings. The number of rotatable bonds is 4. The zero-order valence-electron chi connectivity index (χ0n) is 10.4. The molecular weight excluding hydrogens is 322 g/mol. The highest BCUT2D eigenvalue weighted by atomic mass is 79.9. The Morgan fingerprint density at radius 1 is 1.44 bits per heavy atom. The Labute approximate surface area is 115 Å². The van der Waals surface area contributed by atoms with Crippen LogP contribution < -0.4 is 0 Å². The van der Waals surface area contributed by atoms with Crippen molar-refractivity contribution in [3.63, 3.8) is 0 Å². The average molecular weight is 338 g/mol. The molecule has 18 heavy (non-hydrogen) atoms. The molecule has 1 aromatic rings. The second kappa shape index (κ2) is 5.28. The smallest absolute Gasteiger partial charge is 0.261 e. The Morgan fingerprint density at radius 2 is 2.11 bits per heavy atom. The lowest BCUT2D eigenvalue weighted by molar-refractivity contribution is 0.0785. The molecule has 0 amide bonds. The van der Waals surface area contributed by atoms with Crippen molar-refractivity contribution in [1.29, 1.82) is 0 Å². The van der Waals surface area contributed by atoms with Crippen molar-refractivity contribution in [1.82, 2.24) is 13.9 Å². The van der Waals surface area contributed by atoms with Crippen LogP contribution in [0.5, 0.6) is 0 Å². The molecule has 0 radical (unpaired) electrons. The van der Waals surface area contributed by atoms with Gasteiger partial charge < -0.3 is 9.30 Å². The monoisotopic (exact) mass is 337 g/mol. The van der Waals surface area contributed by atoms with E-state index in [0.29, 0.717) is 43.3 Å². The molecule has 0 bridgehead atoms. The number of aromatic nitrogens is 2. The number of hydrogen-bond donors (Lipinski definition) is 0. The highest BCUT2D eigenvalue weighted by Crippen LogP contribution is 2.27. The number of hydrogen-bond acceptors (Lipinski definition) is 4. The fourth-order valence-electron chi connectivity index (χ4n) is 2.04. The van der Waals surface area contributed by atoms with Gasteiger partial charge >= 0.3 is 0 Å². The Bertz CT molecular complexity index is 537. The zero-order valence-corrected chi connectivity index (χ0v) is 12.8. The van der Waals surface area contributed by atoms with Crippen molar-refractivity contribution in [2.24, 2.45) is 0 Å². The molecule has 1 aliphatic heterocycles. The van der Waals surface area contributed by atoms with Crippen LogP contribution in [0.1, 0.15) is 19.7 Å². The maximum absolute atomic E-state index is 12.5. The van der Waals surface area contributed by atoms with E-state index in [9.17, 15) is 8.42 Å². The molecule has 8 heteroatoms. The molecule has 0 aromatic carbocycles. The van der Waals surface area contributed by atoms with Crippen LogP contribution in [0.15, 0.2) is 9.63 Å². The Kier molecular flexibility index (Phi) is 4.10. The lowest BCUT2D eigenvalue weighted by Crippen LogP contribution is -2.33. The number of imidazole rings is 1. The lowest BCUT2D eigenvalue weighted by Gasteiger charge is -2.21. The summed E-state index contributed by atoms with van der Waals surface area (Å²) in [5.74, 6) is 0.652. The number of fused-ring (bicyclic) bond motifs is 1. The van der Waals surface area contributed by atoms with Gasteiger partial charge in [-0.3, -0.25) is 0 Å². The fourth-order valence-corrected chi connectivity index (χ4v) is 4.73. The summed E-state index contributed by atoms with van der Waals surface area (Å²) in [6.45, 7) is 5.92. The molecule has 2 heterocycles. The van der Waals surface area contributed by atoms with Crippen LogP contribution in [0.4, 0.5) is 0 Å². The van der Waals surface area contributed by atoms with Crippen LogP contribution in [0.3, 0.4) is 0 Å². The predicted octanol–water partition coefficient (Wildman–Crippen LogP) is 1.21. The number of ether oxygens (including phenoxy) is 1. The molecule has 0 saturated carbocycles. The minimum atomic E-state index is -3.50. The first-order valence-electron chi connectivity index (χ1n) is 5.85. The SMILES string of the molecule is CCN(CC)S(=O)(=O)c1c(Br)nc2n1CCOC2. The van der Waals surface area contributed by atoms with Crippen LogP contribution in [0.2, 0.25) is 0 Å². The van der Waals surface area contributed by atoms with Crippen LogP contribution in [-0.4, -0.2) is 42.0 Å². The Morgan fingerprint density at radius 3 is 2.72 bits per heavy atom. The van der Waals surface area contributed by atoms with Crippen LogP contribution in [-0.2, 0) is 27.9 Å². The van der Waals surface area contributed by atoms with Gasteiger partial charge in [-0.25, -0.2) is 13.4 Å². The number of halogens is 1. The van der Waals surface area contributed by atoms with Gasteiger partial charge in [0.15, 0.2) is 5.03 Å². The molecule has 1 aliphatic rings. The van der Waals surface area contributed by atoms with Crippen LogP contribution in [0.25, 0.3) is 0 Å². The summed E-state index contributed by atoms with van der Waals surface area (Å²) >= 11 is 3.25. The normalized spacial score (nSPS) is 16.0. The standard InChI is InChI=1S/C10H16BrN3O3S/c1-3-13(4-2)18(15,16)10-9(11)12-8-7-17-6-5-14(8)10/h3-7H2,1-2H3. The molecule has 6 nitrogen and oxygen atoms in total. The molecule has 0 aliphatic carbocycles. The highest BCUT2D eigenvalue weighted by Gasteiger charge is 2.32. The summed E-state index contributed by atoms with van der Waals surface area (Å²) in [4.78, 5) is 4.22. The Hall–Kier alpha value is -0.440. The number of sulfonamides is 1. The molecule has 0 N–H and O–H groups in total. The summed E-state index contributed by atoms with van der Waals surface area (Å²) < 4.78 is 33.9. The van der Waals surface area contributed by atoms with E-state index in [2.05, 4.69) is 20.9 Å². The van der Waals surface area contributed by atoms with E-state index in [4.69, 9.17) is 4.74 Å². The summed E-state index contributed by atoms with van der Waals surface area (Å²) in [7, 11) is -3.50. The van der Waals surface area contributed by atoms with E-state index in [-0.39, 0.29) is 5.03 Å². The van der Waals surface area contributed by atoms with Gasteiger partial charge in [0.1, 0.15) is 17.0 Å². The average Bonchev–Trinajstić information content (AvgIpc) is 2.66. The van der Waals surface area contributed by atoms with Crippen molar-refractivity contribution < 1.29 is 13.2 Å². The topological polar surface area (TPSA) is 64.4 Å². The fraction of sp³-hybridized carbons (Fsp3) is 0.700. The third kappa shape index (κ3) is 2.22. The van der Waals surface area contributed by atoms with Crippen LogP contribution in [0, 0.1) is 0 Å². The van der Waals surface area contributed by atoms with Crippen molar-refractivity contribution in [3.05, 3.63) is 10.4 Å². The molecule has 0 spiro atoms. The van der Waals surface area contributed by atoms with E-state index >= 15 is 0 Å². The van der Waals surface area contributed by atoms with Gasteiger partial charge in [-0.05, 0) is 15.9 Å². The van der Waals surface area contributed by atoms with Gasteiger partial charge in [0.25, 0.3) is 10.0 Å². The predicted molar refractivity (Wildman–Crippen MR) is 69.7 cm³/mol. The zero-order chi connectivity index (χ0) is 13.3. The molecule has 0 saturated heterocycles. The van der Waals surface area contributed by atoms with Gasteiger partial charge in [0.05, 0.1) is 6.61 Å². The minimum Gasteiger partial charge on any atom is -0.372 e. The van der Waals surface area contributed by atoms with E-state index in [0.717, 1.165) is 0 Å². The maximum Gasteiger partial charge on any atom is 0.261 e. The van der Waals surface area contributed by atoms with Gasteiger partial charge in [-0.1, -0.05) is 13.8 Å². The molecule has 102 valence electrons. The number of nitrogens with zero attached hydrogens (tertiary/aromatic N) is 3. The largest absolute Gasteiger partial charge is 0.372 e. The Balaban J connectivity index is 2.54. The second-order valence-corrected chi connectivity index (χ2v) is 6.52. The van der Waals surface area contributed by atoms with Crippen molar-refractivity contribution in [2.75, 3.05) is 19.7 Å². The lowest BCUT2D eigenvalue weighted by atomic mass is 10.5. The van der Waals surface area contributed by atoms with E-state index in [1.54, 1.807) is 4.57 Å². The quantitative estimate of drug-likeness (QED) is 0.828. The minimum absolute atomic E-state index is 0.240. The summed E-state index contributed by atoms with van der Waals surface area (Å²) in [5.41, 5.74) is 0. The second-order valence-electron chi connectivity index (χ2n) is 3.92. The van der Waals surface area contributed by atoms with Crippen LogP contribution >= 0.6 is 15.9 Å². The van der Waals surface area contributed by atoms with Crippen molar-refractivity contribution in [3.8, 4) is 0 Å². The molecular formula is C10H16BrN3O3S. The first-order valence-corrected chi connectivity index (χ1v) is 8.08. The highest BCUT2D eigenvalue weighted by molar-refractivity contribution is 9.10. The van der Waals surface area contributed by atoms with Crippen molar-refractivity contribution >= 4 is 26.0 Å². The summed E-state index contributed by atoms with van der Waals surface area (Å²) in [6.07, 6.45) is 0. The van der Waals surface area contributed by atoms with Crippen molar-refractivity contribution in [2.45, 2.75) is 32.0 Å². The molecule has 0 atom stereocenters. The molecule has 0 unspecified atom stereocenters.